The normalized spacial score (nSPS) is 11.9. The largest absolute Gasteiger partial charge is 0.388 e. The van der Waals surface area contributed by atoms with E-state index in [9.17, 15) is 10.1 Å². The molecule has 0 saturated heterocycles. The van der Waals surface area contributed by atoms with Gasteiger partial charge in [-0.15, -0.1) is 0 Å². The van der Waals surface area contributed by atoms with E-state index in [1.54, 1.807) is 24.9 Å². The maximum atomic E-state index is 10.8. The van der Waals surface area contributed by atoms with Crippen molar-refractivity contribution in [3.05, 3.63) is 28.3 Å². The summed E-state index contributed by atoms with van der Waals surface area (Å²) in [7, 11) is 1.75. The van der Waals surface area contributed by atoms with Crippen molar-refractivity contribution >= 4 is 28.8 Å². The lowest BCUT2D eigenvalue weighted by Crippen LogP contribution is -2.21. The highest BCUT2D eigenvalue weighted by molar-refractivity contribution is 7.98. The van der Waals surface area contributed by atoms with Gasteiger partial charge in [-0.3, -0.25) is 10.1 Å². The average molecular weight is 269 g/mol. The molecule has 0 heterocycles. The summed E-state index contributed by atoms with van der Waals surface area (Å²) < 4.78 is 0. The molecule has 100 valence electrons. The SMILES string of the molecule is CCC(CSC)Nc1cc(NC)cc([N+](=O)[O-])c1. The van der Waals surface area contributed by atoms with Gasteiger partial charge in [-0.1, -0.05) is 6.92 Å². The van der Waals surface area contributed by atoms with Crippen LogP contribution >= 0.6 is 11.8 Å². The number of nitrogens with one attached hydrogen (secondary N) is 2. The third-order valence-corrected chi connectivity index (χ3v) is 3.38. The number of nitrogens with zero attached hydrogens (tertiary/aromatic N) is 1. The first-order valence-electron chi connectivity index (χ1n) is 5.83. The molecular formula is C12H19N3O2S. The Bertz CT molecular complexity index is 412. The molecule has 0 amide bonds. The first-order chi connectivity index (χ1) is 8.60. The van der Waals surface area contributed by atoms with Crippen LogP contribution in [0.4, 0.5) is 17.1 Å². The van der Waals surface area contributed by atoms with Crippen molar-refractivity contribution in [3.63, 3.8) is 0 Å². The number of hydrogen-bond donors (Lipinski definition) is 2. The second kappa shape index (κ2) is 7.10. The lowest BCUT2D eigenvalue weighted by molar-refractivity contribution is -0.384. The van der Waals surface area contributed by atoms with Gasteiger partial charge in [0, 0.05) is 42.3 Å². The summed E-state index contributed by atoms with van der Waals surface area (Å²) in [6, 6.07) is 5.31. The van der Waals surface area contributed by atoms with Crippen LogP contribution in [0.3, 0.4) is 0 Å². The lowest BCUT2D eigenvalue weighted by atomic mass is 10.2. The van der Waals surface area contributed by atoms with Gasteiger partial charge >= 0.3 is 0 Å². The molecule has 0 spiro atoms. The highest BCUT2D eigenvalue weighted by Gasteiger charge is 2.11. The molecule has 0 aromatic heterocycles. The predicted octanol–water partition coefficient (Wildman–Crippen LogP) is 3.19. The van der Waals surface area contributed by atoms with Crippen LogP contribution in [0, 0.1) is 10.1 Å². The minimum absolute atomic E-state index is 0.100. The molecule has 1 aromatic rings. The molecule has 1 aromatic carbocycles. The summed E-state index contributed by atoms with van der Waals surface area (Å²) in [5.74, 6) is 0.980. The lowest BCUT2D eigenvalue weighted by Gasteiger charge is -2.17. The smallest absolute Gasteiger partial charge is 0.273 e. The number of nitro benzene ring substituents is 1. The van der Waals surface area contributed by atoms with Crippen molar-refractivity contribution in [1.82, 2.24) is 0 Å². The van der Waals surface area contributed by atoms with E-state index in [0.717, 1.165) is 23.5 Å². The second-order valence-electron chi connectivity index (χ2n) is 3.98. The van der Waals surface area contributed by atoms with Crippen LogP contribution in [-0.4, -0.2) is 30.0 Å². The van der Waals surface area contributed by atoms with Crippen molar-refractivity contribution in [3.8, 4) is 0 Å². The van der Waals surface area contributed by atoms with Gasteiger partial charge in [0.05, 0.1) is 4.92 Å². The zero-order valence-electron chi connectivity index (χ0n) is 10.9. The molecule has 0 fully saturated rings. The number of rotatable bonds is 7. The highest BCUT2D eigenvalue weighted by Crippen LogP contribution is 2.25. The minimum atomic E-state index is -0.373. The van der Waals surface area contributed by atoms with Crippen molar-refractivity contribution in [1.29, 1.82) is 0 Å². The topological polar surface area (TPSA) is 67.2 Å². The first kappa shape index (κ1) is 14.6. The van der Waals surface area contributed by atoms with Crippen LogP contribution in [0.25, 0.3) is 0 Å². The van der Waals surface area contributed by atoms with E-state index in [1.807, 2.05) is 6.07 Å². The Morgan fingerprint density at radius 3 is 2.56 bits per heavy atom. The van der Waals surface area contributed by atoms with Gasteiger partial charge in [0.25, 0.3) is 5.69 Å². The predicted molar refractivity (Wildman–Crippen MR) is 78.7 cm³/mol. The number of non-ortho nitro benzene ring substituents is 1. The fourth-order valence-electron chi connectivity index (χ4n) is 1.64. The van der Waals surface area contributed by atoms with Crippen molar-refractivity contribution in [2.24, 2.45) is 0 Å². The van der Waals surface area contributed by atoms with E-state index >= 15 is 0 Å². The van der Waals surface area contributed by atoms with Crippen molar-refractivity contribution in [2.75, 3.05) is 29.7 Å². The molecule has 1 rings (SSSR count). The monoisotopic (exact) mass is 269 g/mol. The van der Waals surface area contributed by atoms with Gasteiger partial charge < -0.3 is 10.6 Å². The quantitative estimate of drug-likeness (QED) is 0.588. The van der Waals surface area contributed by atoms with Crippen molar-refractivity contribution in [2.45, 2.75) is 19.4 Å². The Labute approximate surface area is 111 Å². The Hall–Kier alpha value is -1.43. The molecule has 0 bridgehead atoms. The molecule has 2 N–H and O–H groups in total. The zero-order valence-corrected chi connectivity index (χ0v) is 11.7. The van der Waals surface area contributed by atoms with Gasteiger partial charge in [0.15, 0.2) is 0 Å². The molecular weight excluding hydrogens is 250 g/mol. The maximum absolute atomic E-state index is 10.8. The van der Waals surface area contributed by atoms with Crippen LogP contribution in [0.15, 0.2) is 18.2 Å². The van der Waals surface area contributed by atoms with Gasteiger partial charge in [-0.25, -0.2) is 0 Å². The third-order valence-electron chi connectivity index (χ3n) is 2.65. The summed E-state index contributed by atoms with van der Waals surface area (Å²) in [6.07, 6.45) is 3.04. The molecule has 0 radical (unpaired) electrons. The average Bonchev–Trinajstić information content (AvgIpc) is 2.37. The van der Waals surface area contributed by atoms with Gasteiger partial charge in [-0.05, 0) is 18.7 Å². The molecule has 0 aliphatic heterocycles. The van der Waals surface area contributed by atoms with Crippen LogP contribution in [-0.2, 0) is 0 Å². The molecule has 5 nitrogen and oxygen atoms in total. The number of benzene rings is 1. The van der Waals surface area contributed by atoms with E-state index in [0.29, 0.717) is 6.04 Å². The fourth-order valence-corrected chi connectivity index (χ4v) is 2.36. The Morgan fingerprint density at radius 1 is 1.39 bits per heavy atom. The molecule has 0 aliphatic carbocycles. The van der Waals surface area contributed by atoms with E-state index in [4.69, 9.17) is 0 Å². The molecule has 6 heteroatoms. The van der Waals surface area contributed by atoms with Gasteiger partial charge in [0.1, 0.15) is 0 Å². The Morgan fingerprint density at radius 2 is 2.06 bits per heavy atom. The van der Waals surface area contributed by atoms with Gasteiger partial charge in [0.2, 0.25) is 0 Å². The molecule has 0 saturated carbocycles. The number of hydrogen-bond acceptors (Lipinski definition) is 5. The standard InChI is InChI=1S/C12H19N3O2S/c1-4-9(8-18-3)14-11-5-10(13-2)6-12(7-11)15(16)17/h5-7,9,13-14H,4,8H2,1-3H3. The Balaban J connectivity index is 2.93. The third kappa shape index (κ3) is 4.10. The van der Waals surface area contributed by atoms with Gasteiger partial charge in [-0.2, -0.15) is 11.8 Å². The first-order valence-corrected chi connectivity index (χ1v) is 7.22. The van der Waals surface area contributed by atoms with E-state index in [1.165, 1.54) is 6.07 Å². The Kier molecular flexibility index (Phi) is 5.77. The van der Waals surface area contributed by atoms with Crippen LogP contribution in [0.1, 0.15) is 13.3 Å². The number of nitro groups is 1. The summed E-state index contributed by atoms with van der Waals surface area (Å²) in [5.41, 5.74) is 1.63. The summed E-state index contributed by atoms with van der Waals surface area (Å²) in [6.45, 7) is 2.10. The van der Waals surface area contributed by atoms with E-state index in [-0.39, 0.29) is 10.6 Å². The second-order valence-corrected chi connectivity index (χ2v) is 4.89. The highest BCUT2D eigenvalue weighted by atomic mass is 32.2. The van der Waals surface area contributed by atoms with Crippen LogP contribution in [0.2, 0.25) is 0 Å². The molecule has 1 atom stereocenters. The molecule has 0 aliphatic rings. The van der Waals surface area contributed by atoms with Crippen molar-refractivity contribution < 1.29 is 4.92 Å². The minimum Gasteiger partial charge on any atom is -0.388 e. The number of anilines is 2. The summed E-state index contributed by atoms with van der Waals surface area (Å²) in [5, 5.41) is 17.1. The fraction of sp³-hybridized carbons (Fsp3) is 0.500. The maximum Gasteiger partial charge on any atom is 0.273 e. The summed E-state index contributed by atoms with van der Waals surface area (Å²) >= 11 is 1.76. The molecule has 18 heavy (non-hydrogen) atoms. The zero-order chi connectivity index (χ0) is 13.5. The summed E-state index contributed by atoms with van der Waals surface area (Å²) in [4.78, 5) is 10.5. The van der Waals surface area contributed by atoms with E-state index in [2.05, 4.69) is 23.8 Å². The van der Waals surface area contributed by atoms with Crippen LogP contribution < -0.4 is 10.6 Å². The number of thioether (sulfide) groups is 1. The molecule has 1 unspecified atom stereocenters. The van der Waals surface area contributed by atoms with Crippen LogP contribution in [0.5, 0.6) is 0 Å². The van der Waals surface area contributed by atoms with E-state index < -0.39 is 0 Å².